The van der Waals surface area contributed by atoms with E-state index >= 15 is 0 Å². The number of fused-ring (bicyclic) bond motifs is 1. The number of amides is 2. The fraction of sp³-hybridized carbons (Fsp3) is 0.105. The van der Waals surface area contributed by atoms with E-state index in [0.717, 1.165) is 6.07 Å². The van der Waals surface area contributed by atoms with Gasteiger partial charge in [0.15, 0.2) is 4.77 Å². The highest BCUT2D eigenvalue weighted by Crippen LogP contribution is 2.21. The molecule has 4 rings (SSSR count). The summed E-state index contributed by atoms with van der Waals surface area (Å²) in [4.78, 5) is 34.4. The molecule has 0 aliphatic rings. The highest BCUT2D eigenvalue weighted by molar-refractivity contribution is 7.71. The number of imidazole rings is 1. The van der Waals surface area contributed by atoms with Crippen molar-refractivity contribution >= 4 is 46.4 Å². The molecule has 2 aromatic carbocycles. The number of rotatable bonds is 5. The maximum absolute atomic E-state index is 13.8. The number of H-pyrrole nitrogens is 2. The first-order valence-electron chi connectivity index (χ1n) is 8.88. The Bertz CT molecular complexity index is 1280. The molecule has 30 heavy (non-hydrogen) atoms. The molecule has 0 aliphatic heterocycles. The molecule has 0 aliphatic carbocycles. The lowest BCUT2D eigenvalue weighted by Crippen LogP contribution is -2.24. The maximum Gasteiger partial charge on any atom is 0.257 e. The minimum atomic E-state index is -0.558. The molecular weight excluding hydrogens is 409 g/mol. The topological polar surface area (TPSA) is 120 Å². The summed E-state index contributed by atoms with van der Waals surface area (Å²) in [5.41, 5.74) is 1.98. The third kappa shape index (κ3) is 3.96. The summed E-state index contributed by atoms with van der Waals surface area (Å²) < 4.78 is 15.6. The second-order valence-corrected chi connectivity index (χ2v) is 6.94. The lowest BCUT2D eigenvalue weighted by atomic mass is 10.1. The van der Waals surface area contributed by atoms with Gasteiger partial charge in [0.25, 0.3) is 5.91 Å². The molecule has 9 nitrogen and oxygen atoms in total. The monoisotopic (exact) mass is 425 g/mol. The van der Waals surface area contributed by atoms with Crippen molar-refractivity contribution in [1.29, 1.82) is 0 Å². The Balaban J connectivity index is 1.47. The lowest BCUT2D eigenvalue weighted by molar-refractivity contribution is -0.119. The summed E-state index contributed by atoms with van der Waals surface area (Å²) in [5, 5.41) is 9.41. The second kappa shape index (κ2) is 7.87. The first-order valence-corrected chi connectivity index (χ1v) is 9.29. The SMILES string of the molecule is CC(C(=O)Nc1ccc(NC(=O)c2cc(F)cc3[nH]c(=S)[nH]c23)cc1)n1cncn1. The number of carbonyl (C=O) groups is 2. The van der Waals surface area contributed by atoms with Gasteiger partial charge in [-0.3, -0.25) is 9.59 Å². The minimum absolute atomic E-state index is 0.122. The van der Waals surface area contributed by atoms with Gasteiger partial charge in [0.2, 0.25) is 5.91 Å². The van der Waals surface area contributed by atoms with Gasteiger partial charge in [-0.15, -0.1) is 0 Å². The molecule has 0 radical (unpaired) electrons. The summed E-state index contributed by atoms with van der Waals surface area (Å²) in [6.45, 7) is 1.70. The van der Waals surface area contributed by atoms with Crippen LogP contribution >= 0.6 is 12.2 Å². The Kier molecular flexibility index (Phi) is 5.11. The number of aromatic nitrogens is 5. The Labute approximate surface area is 174 Å². The number of halogens is 1. The first-order chi connectivity index (χ1) is 14.4. The average molecular weight is 425 g/mol. The van der Waals surface area contributed by atoms with Crippen LogP contribution in [0.5, 0.6) is 0 Å². The molecule has 0 bridgehead atoms. The van der Waals surface area contributed by atoms with E-state index in [1.54, 1.807) is 31.2 Å². The largest absolute Gasteiger partial charge is 0.331 e. The van der Waals surface area contributed by atoms with Crippen molar-refractivity contribution in [2.24, 2.45) is 0 Å². The molecule has 0 saturated heterocycles. The van der Waals surface area contributed by atoms with Crippen LogP contribution in [-0.2, 0) is 4.79 Å². The Hall–Kier alpha value is -3.86. The zero-order chi connectivity index (χ0) is 21.3. The summed E-state index contributed by atoms with van der Waals surface area (Å²) in [6, 6.07) is 8.41. The number of hydrogen-bond donors (Lipinski definition) is 4. The van der Waals surface area contributed by atoms with Gasteiger partial charge in [-0.2, -0.15) is 5.10 Å². The van der Waals surface area contributed by atoms with Crippen LogP contribution in [0.15, 0.2) is 49.1 Å². The molecule has 4 aromatic rings. The van der Waals surface area contributed by atoms with E-state index in [-0.39, 0.29) is 11.5 Å². The summed E-state index contributed by atoms with van der Waals surface area (Å²) in [5.74, 6) is -1.32. The Morgan fingerprint density at radius 1 is 1.13 bits per heavy atom. The van der Waals surface area contributed by atoms with E-state index in [9.17, 15) is 14.0 Å². The van der Waals surface area contributed by atoms with E-state index < -0.39 is 17.8 Å². The van der Waals surface area contributed by atoms with Gasteiger partial charge in [0, 0.05) is 11.4 Å². The fourth-order valence-corrected chi connectivity index (χ4v) is 3.12. The van der Waals surface area contributed by atoms with Crippen LogP contribution in [0.25, 0.3) is 11.0 Å². The molecule has 4 N–H and O–H groups in total. The van der Waals surface area contributed by atoms with Crippen molar-refractivity contribution in [3.63, 3.8) is 0 Å². The molecule has 2 amide bonds. The third-order valence-electron chi connectivity index (χ3n) is 4.46. The third-order valence-corrected chi connectivity index (χ3v) is 4.66. The van der Waals surface area contributed by atoms with Crippen LogP contribution in [0.1, 0.15) is 23.3 Å². The fourth-order valence-electron chi connectivity index (χ4n) is 2.91. The van der Waals surface area contributed by atoms with Crippen LogP contribution in [0.3, 0.4) is 0 Å². The van der Waals surface area contributed by atoms with Gasteiger partial charge in [-0.1, -0.05) is 0 Å². The zero-order valence-corrected chi connectivity index (χ0v) is 16.5. The van der Waals surface area contributed by atoms with Gasteiger partial charge >= 0.3 is 0 Å². The zero-order valence-electron chi connectivity index (χ0n) is 15.6. The summed E-state index contributed by atoms with van der Waals surface area (Å²) >= 11 is 5.02. The van der Waals surface area contributed by atoms with Crippen molar-refractivity contribution in [3.8, 4) is 0 Å². The lowest BCUT2D eigenvalue weighted by Gasteiger charge is -2.12. The number of anilines is 2. The van der Waals surface area contributed by atoms with Gasteiger partial charge in [-0.05, 0) is 55.5 Å². The van der Waals surface area contributed by atoms with Crippen molar-refractivity contribution < 1.29 is 14.0 Å². The molecule has 152 valence electrons. The molecule has 0 spiro atoms. The highest BCUT2D eigenvalue weighted by Gasteiger charge is 2.16. The van der Waals surface area contributed by atoms with Gasteiger partial charge in [0.1, 0.15) is 24.5 Å². The molecule has 1 unspecified atom stereocenters. The minimum Gasteiger partial charge on any atom is -0.331 e. The maximum atomic E-state index is 13.8. The second-order valence-electron chi connectivity index (χ2n) is 6.53. The van der Waals surface area contributed by atoms with Crippen LogP contribution in [0.2, 0.25) is 0 Å². The summed E-state index contributed by atoms with van der Waals surface area (Å²) in [7, 11) is 0. The van der Waals surface area contributed by atoms with Crippen molar-refractivity contribution in [1.82, 2.24) is 24.7 Å². The molecule has 11 heteroatoms. The molecule has 0 fully saturated rings. The number of nitrogens with zero attached hydrogens (tertiary/aromatic N) is 3. The first kappa shape index (κ1) is 19.5. The van der Waals surface area contributed by atoms with Crippen molar-refractivity contribution in [2.75, 3.05) is 10.6 Å². The van der Waals surface area contributed by atoms with Crippen LogP contribution in [0, 0.1) is 10.6 Å². The number of hydrogen-bond acceptors (Lipinski definition) is 5. The summed E-state index contributed by atoms with van der Waals surface area (Å²) in [6.07, 6.45) is 2.82. The number of nitrogens with one attached hydrogen (secondary N) is 4. The van der Waals surface area contributed by atoms with Crippen molar-refractivity contribution in [2.45, 2.75) is 13.0 Å². The Morgan fingerprint density at radius 2 is 1.83 bits per heavy atom. The van der Waals surface area contributed by atoms with E-state index in [0.29, 0.717) is 27.2 Å². The predicted octanol–water partition coefficient (Wildman–Crippen LogP) is 3.41. The molecule has 1 atom stereocenters. The van der Waals surface area contributed by atoms with E-state index in [1.807, 2.05) is 0 Å². The normalized spacial score (nSPS) is 11.9. The number of carbonyl (C=O) groups excluding carboxylic acids is 2. The van der Waals surface area contributed by atoms with E-state index in [1.165, 1.54) is 23.4 Å². The van der Waals surface area contributed by atoms with Gasteiger partial charge < -0.3 is 20.6 Å². The van der Waals surface area contributed by atoms with Crippen LogP contribution in [-0.4, -0.2) is 36.5 Å². The quantitative estimate of drug-likeness (QED) is 0.365. The van der Waals surface area contributed by atoms with Crippen LogP contribution in [0.4, 0.5) is 15.8 Å². The van der Waals surface area contributed by atoms with Crippen molar-refractivity contribution in [3.05, 3.63) is 65.2 Å². The predicted molar refractivity (Wildman–Crippen MR) is 111 cm³/mol. The number of aromatic amines is 2. The smallest absolute Gasteiger partial charge is 0.257 e. The number of benzene rings is 2. The van der Waals surface area contributed by atoms with E-state index in [4.69, 9.17) is 12.2 Å². The average Bonchev–Trinajstić information content (AvgIpc) is 3.37. The highest BCUT2D eigenvalue weighted by atomic mass is 32.1. The van der Waals surface area contributed by atoms with Gasteiger partial charge in [0.05, 0.1) is 16.6 Å². The standard InChI is InChI=1S/C19H16FN7O2S/c1-10(27-9-21-8-22-27)17(28)23-12-2-4-13(5-3-12)24-18(29)14-6-11(20)7-15-16(14)26-19(30)25-15/h2-10H,1H3,(H,23,28)(H,24,29)(H2,25,26,30). The molecule has 0 saturated carbocycles. The molecular formula is C19H16FN7O2S. The molecule has 2 aromatic heterocycles. The molecule has 2 heterocycles. The van der Waals surface area contributed by atoms with Gasteiger partial charge in [-0.25, -0.2) is 14.1 Å². The Morgan fingerprint density at radius 3 is 2.50 bits per heavy atom. The van der Waals surface area contributed by atoms with Crippen LogP contribution < -0.4 is 10.6 Å². The van der Waals surface area contributed by atoms with E-state index in [2.05, 4.69) is 30.7 Å².